The second-order valence-corrected chi connectivity index (χ2v) is 9.02. The third-order valence-electron chi connectivity index (χ3n) is 6.78. The monoisotopic (exact) mass is 461 g/mol. The van der Waals surface area contributed by atoms with Crippen molar-refractivity contribution in [3.8, 4) is 0 Å². The van der Waals surface area contributed by atoms with Gasteiger partial charge >= 0.3 is 0 Å². The van der Waals surface area contributed by atoms with Crippen LogP contribution in [0, 0.1) is 5.92 Å². The molecule has 1 amide bonds. The summed E-state index contributed by atoms with van der Waals surface area (Å²) in [4.78, 5) is 18.9. The van der Waals surface area contributed by atoms with Gasteiger partial charge in [0.1, 0.15) is 12.5 Å². The van der Waals surface area contributed by atoms with Crippen molar-refractivity contribution in [3.05, 3.63) is 83.9 Å². The Morgan fingerprint density at radius 3 is 2.44 bits per heavy atom. The van der Waals surface area contributed by atoms with Gasteiger partial charge in [-0.25, -0.2) is 0 Å². The Morgan fingerprint density at radius 2 is 1.74 bits per heavy atom. The van der Waals surface area contributed by atoms with Gasteiger partial charge in [0.2, 0.25) is 0 Å². The molecule has 2 aliphatic heterocycles. The molecule has 6 atom stereocenters. The van der Waals surface area contributed by atoms with Gasteiger partial charge < -0.3 is 19.7 Å². The first-order valence-electron chi connectivity index (χ1n) is 11.7. The highest BCUT2D eigenvalue weighted by Crippen LogP contribution is 2.38. The number of hydrogen-bond donors (Lipinski definition) is 3. The van der Waals surface area contributed by atoms with E-state index < -0.39 is 12.3 Å². The maximum atomic E-state index is 12.4. The molecule has 34 heavy (non-hydrogen) atoms. The molecule has 1 saturated heterocycles. The molecular weight excluding hydrogens is 430 g/mol. The predicted molar refractivity (Wildman–Crippen MR) is 129 cm³/mol. The van der Waals surface area contributed by atoms with Gasteiger partial charge in [0.15, 0.2) is 6.04 Å². The Bertz CT molecular complexity index is 1030. The van der Waals surface area contributed by atoms with Crippen LogP contribution in [-0.2, 0) is 27.5 Å². The lowest BCUT2D eigenvalue weighted by atomic mass is 10.0. The molecule has 4 N–H and O–H groups in total. The fraction of sp³-hybridized carbons (Fsp3) is 0.385. The van der Waals surface area contributed by atoms with E-state index in [4.69, 9.17) is 15.2 Å². The number of aliphatic imine (C=N–C) groups is 1. The summed E-state index contributed by atoms with van der Waals surface area (Å²) in [5, 5.41) is 5.93. The summed E-state index contributed by atoms with van der Waals surface area (Å²) in [5.41, 5.74) is 9.25. The Hall–Kier alpha value is -3.04. The van der Waals surface area contributed by atoms with Crippen molar-refractivity contribution < 1.29 is 14.3 Å². The van der Waals surface area contributed by atoms with E-state index in [2.05, 4.69) is 51.4 Å². The molecular formula is C26H31N5O3. The van der Waals surface area contributed by atoms with Gasteiger partial charge in [-0.15, -0.1) is 0 Å². The Balaban J connectivity index is 1.29. The summed E-state index contributed by atoms with van der Waals surface area (Å²) in [7, 11) is 0. The molecule has 3 aliphatic rings. The average Bonchev–Trinajstić information content (AvgIpc) is 3.40. The van der Waals surface area contributed by atoms with Crippen LogP contribution in [0.5, 0.6) is 0 Å². The van der Waals surface area contributed by atoms with Crippen molar-refractivity contribution in [3.63, 3.8) is 0 Å². The van der Waals surface area contributed by atoms with E-state index in [0.717, 1.165) is 23.1 Å². The average molecular weight is 462 g/mol. The second-order valence-electron chi connectivity index (χ2n) is 9.02. The van der Waals surface area contributed by atoms with E-state index in [-0.39, 0.29) is 30.1 Å². The van der Waals surface area contributed by atoms with Gasteiger partial charge in [0.05, 0.1) is 38.3 Å². The molecule has 2 heterocycles. The molecule has 0 aromatic heterocycles. The quantitative estimate of drug-likeness (QED) is 0.518. The number of fused-ring (bicyclic) bond motifs is 1. The van der Waals surface area contributed by atoms with Gasteiger partial charge in [-0.3, -0.25) is 20.8 Å². The summed E-state index contributed by atoms with van der Waals surface area (Å²) < 4.78 is 12.5. The zero-order valence-corrected chi connectivity index (χ0v) is 19.0. The van der Waals surface area contributed by atoms with Gasteiger partial charge in [-0.05, 0) is 23.1 Å². The Labute approximate surface area is 199 Å². The van der Waals surface area contributed by atoms with Crippen molar-refractivity contribution in [2.45, 2.75) is 50.3 Å². The van der Waals surface area contributed by atoms with Crippen molar-refractivity contribution in [2.75, 3.05) is 6.61 Å². The van der Waals surface area contributed by atoms with Gasteiger partial charge in [-0.1, -0.05) is 67.2 Å². The molecule has 1 saturated carbocycles. The van der Waals surface area contributed by atoms with Gasteiger partial charge in [-0.2, -0.15) is 0 Å². The fourth-order valence-corrected chi connectivity index (χ4v) is 4.98. The SMILES string of the molecule is C=C1[C@H](COCc2ccccc2)[C@@H](OCc2ccccc2)C[C@@H]1N1C=NC2C(=O)NC(N)NC21. The summed E-state index contributed by atoms with van der Waals surface area (Å²) in [5.74, 6) is -0.144. The van der Waals surface area contributed by atoms with Crippen LogP contribution in [-0.4, -0.2) is 54.4 Å². The third-order valence-corrected chi connectivity index (χ3v) is 6.78. The number of rotatable bonds is 8. The number of ether oxygens (including phenoxy) is 2. The number of benzene rings is 2. The molecule has 0 radical (unpaired) electrons. The first-order valence-corrected chi connectivity index (χ1v) is 11.7. The second kappa shape index (κ2) is 10.1. The van der Waals surface area contributed by atoms with Crippen molar-refractivity contribution >= 4 is 12.2 Å². The maximum absolute atomic E-state index is 12.4. The zero-order chi connectivity index (χ0) is 23.5. The van der Waals surface area contributed by atoms with Crippen molar-refractivity contribution in [1.29, 1.82) is 0 Å². The van der Waals surface area contributed by atoms with Crippen LogP contribution in [0.25, 0.3) is 0 Å². The van der Waals surface area contributed by atoms with Crippen LogP contribution in [0.1, 0.15) is 17.5 Å². The first-order chi connectivity index (χ1) is 16.6. The van der Waals surface area contributed by atoms with E-state index in [1.807, 2.05) is 36.4 Å². The Kier molecular flexibility index (Phi) is 6.73. The lowest BCUT2D eigenvalue weighted by Gasteiger charge is -2.38. The number of hydrogen-bond acceptors (Lipinski definition) is 7. The third kappa shape index (κ3) is 4.76. The fourth-order valence-electron chi connectivity index (χ4n) is 4.98. The molecule has 178 valence electrons. The smallest absolute Gasteiger partial charge is 0.250 e. The number of amides is 1. The van der Waals surface area contributed by atoms with E-state index in [1.54, 1.807) is 6.34 Å². The summed E-state index contributed by atoms with van der Waals surface area (Å²) in [6, 6.07) is 19.7. The highest BCUT2D eigenvalue weighted by molar-refractivity contribution is 5.87. The van der Waals surface area contributed by atoms with Crippen LogP contribution in [0.4, 0.5) is 0 Å². The number of nitrogens with zero attached hydrogens (tertiary/aromatic N) is 2. The molecule has 8 nitrogen and oxygen atoms in total. The molecule has 3 unspecified atom stereocenters. The molecule has 0 bridgehead atoms. The number of carbonyl (C=O) groups excluding carboxylic acids is 1. The topological polar surface area (TPSA) is 101 Å². The van der Waals surface area contributed by atoms with Gasteiger partial charge in [0.25, 0.3) is 5.91 Å². The lowest BCUT2D eigenvalue weighted by Crippen LogP contribution is -2.69. The highest BCUT2D eigenvalue weighted by atomic mass is 16.5. The molecule has 1 aliphatic carbocycles. The highest BCUT2D eigenvalue weighted by Gasteiger charge is 2.48. The molecule has 2 fully saturated rings. The lowest BCUT2D eigenvalue weighted by molar-refractivity contribution is -0.126. The number of carbonyl (C=O) groups is 1. The minimum Gasteiger partial charge on any atom is -0.376 e. The van der Waals surface area contributed by atoms with Crippen molar-refractivity contribution in [1.82, 2.24) is 15.5 Å². The minimum atomic E-state index is -0.609. The van der Waals surface area contributed by atoms with Crippen molar-refractivity contribution in [2.24, 2.45) is 16.6 Å². The standard InChI is InChI=1S/C26H31N5O3/c1-17-20(15-33-13-18-8-4-2-5-9-18)22(34-14-19-10-6-3-7-11-19)12-21(17)31-16-28-23-24(31)29-26(27)30-25(23)32/h2-11,16,20-24,26,29H,1,12-15,27H2,(H,30,32)/t20-,21-,22-,23?,24?,26?/m0/s1. The van der Waals surface area contributed by atoms with Gasteiger partial charge in [0, 0.05) is 5.92 Å². The molecule has 5 rings (SSSR count). The molecule has 2 aromatic rings. The largest absolute Gasteiger partial charge is 0.376 e. The molecule has 8 heteroatoms. The maximum Gasteiger partial charge on any atom is 0.250 e. The van der Waals surface area contributed by atoms with Crippen LogP contribution < -0.4 is 16.4 Å². The zero-order valence-electron chi connectivity index (χ0n) is 19.0. The summed E-state index contributed by atoms with van der Waals surface area (Å²) in [6.45, 7) is 6.01. The van der Waals surface area contributed by atoms with Crippen LogP contribution in [0.15, 0.2) is 77.8 Å². The molecule has 2 aromatic carbocycles. The minimum absolute atomic E-state index is 0.0240. The number of nitrogens with one attached hydrogen (secondary N) is 2. The van der Waals surface area contributed by atoms with Crippen LogP contribution in [0.3, 0.4) is 0 Å². The Morgan fingerprint density at radius 1 is 1.06 bits per heavy atom. The van der Waals surface area contributed by atoms with Crippen LogP contribution in [0.2, 0.25) is 0 Å². The number of nitrogens with two attached hydrogens (primary N) is 1. The van der Waals surface area contributed by atoms with E-state index in [9.17, 15) is 4.79 Å². The van der Waals surface area contributed by atoms with Crippen LogP contribution >= 0.6 is 0 Å². The normalized spacial score (nSPS) is 30.4. The summed E-state index contributed by atoms with van der Waals surface area (Å²) in [6.07, 6.45) is 1.51. The first kappa shape index (κ1) is 22.7. The molecule has 0 spiro atoms. The summed E-state index contributed by atoms with van der Waals surface area (Å²) >= 11 is 0. The van der Waals surface area contributed by atoms with E-state index in [0.29, 0.717) is 19.8 Å². The van der Waals surface area contributed by atoms with E-state index in [1.165, 1.54) is 0 Å². The van der Waals surface area contributed by atoms with E-state index >= 15 is 0 Å². The predicted octanol–water partition coefficient (Wildman–Crippen LogP) is 1.73.